The molecule has 1 heterocycles. The topological polar surface area (TPSA) is 83.3 Å². The number of benzene rings is 1. The zero-order valence-electron chi connectivity index (χ0n) is 11.7. The molecule has 1 aliphatic rings. The number of aliphatic carboxylic acids is 1. The number of hydrogen-bond acceptors (Lipinski definition) is 4. The second-order valence-electron chi connectivity index (χ2n) is 5.39. The fourth-order valence-corrected chi connectivity index (χ4v) is 2.77. The Balaban J connectivity index is 2.01. The Morgan fingerprint density at radius 1 is 1.33 bits per heavy atom. The van der Waals surface area contributed by atoms with E-state index in [1.807, 2.05) is 13.0 Å². The van der Waals surface area contributed by atoms with E-state index in [9.17, 15) is 9.90 Å². The van der Waals surface area contributed by atoms with Crippen molar-refractivity contribution in [2.45, 2.75) is 26.2 Å². The van der Waals surface area contributed by atoms with E-state index in [-0.39, 0.29) is 11.7 Å². The molecule has 1 unspecified atom stereocenters. The summed E-state index contributed by atoms with van der Waals surface area (Å²) in [5, 5.41) is 18.7. The number of hydrogen-bond donors (Lipinski definition) is 2. The largest absolute Gasteiger partial charge is 0.508 e. The third kappa shape index (κ3) is 2.59. The third-order valence-corrected chi connectivity index (χ3v) is 3.93. The van der Waals surface area contributed by atoms with Gasteiger partial charge in [0.2, 0.25) is 0 Å². The lowest BCUT2D eigenvalue weighted by Crippen LogP contribution is -2.24. The Morgan fingerprint density at radius 3 is 2.86 bits per heavy atom. The average Bonchev–Trinajstić information content (AvgIpc) is 2.46. The van der Waals surface area contributed by atoms with E-state index >= 15 is 0 Å². The molecular formula is C16H16N2O3. The van der Waals surface area contributed by atoms with E-state index in [2.05, 4.69) is 9.97 Å². The summed E-state index contributed by atoms with van der Waals surface area (Å²) in [6, 6.07) is 6.84. The molecule has 0 radical (unpaired) electrons. The van der Waals surface area contributed by atoms with Crippen molar-refractivity contribution in [3.8, 4) is 17.1 Å². The number of nitrogens with zero attached hydrogens (tertiary/aromatic N) is 2. The van der Waals surface area contributed by atoms with Crippen molar-refractivity contribution in [3.05, 3.63) is 41.2 Å². The van der Waals surface area contributed by atoms with E-state index < -0.39 is 5.97 Å². The van der Waals surface area contributed by atoms with Crippen LogP contribution in [0.2, 0.25) is 0 Å². The number of phenols is 1. The van der Waals surface area contributed by atoms with Crippen LogP contribution < -0.4 is 0 Å². The summed E-state index contributed by atoms with van der Waals surface area (Å²) in [7, 11) is 0. The standard InChI is InChI=1S/C16H16N2O3/c1-9-13-8-11(16(20)21)5-6-14(13)18-15(17-9)10-3-2-4-12(19)7-10/h2-4,7,11,19H,5-6,8H2,1H3,(H,20,21). The van der Waals surface area contributed by atoms with Crippen molar-refractivity contribution >= 4 is 5.97 Å². The summed E-state index contributed by atoms with van der Waals surface area (Å²) in [5.41, 5.74) is 3.47. The van der Waals surface area contributed by atoms with Gasteiger partial charge in [-0.1, -0.05) is 12.1 Å². The smallest absolute Gasteiger partial charge is 0.306 e. The first-order chi connectivity index (χ1) is 10.0. The molecule has 0 aliphatic heterocycles. The minimum atomic E-state index is -0.753. The zero-order valence-corrected chi connectivity index (χ0v) is 11.7. The molecule has 1 aliphatic carbocycles. The fraction of sp³-hybridized carbons (Fsp3) is 0.312. The summed E-state index contributed by atoms with van der Waals surface area (Å²) in [6.07, 6.45) is 1.76. The quantitative estimate of drug-likeness (QED) is 0.884. The predicted molar refractivity (Wildman–Crippen MR) is 77.0 cm³/mol. The highest BCUT2D eigenvalue weighted by Crippen LogP contribution is 2.29. The first-order valence-corrected chi connectivity index (χ1v) is 6.93. The Labute approximate surface area is 122 Å². The summed E-state index contributed by atoms with van der Waals surface area (Å²) < 4.78 is 0. The lowest BCUT2D eigenvalue weighted by molar-refractivity contribution is -0.142. The van der Waals surface area contributed by atoms with Crippen molar-refractivity contribution in [3.63, 3.8) is 0 Å². The maximum absolute atomic E-state index is 11.1. The zero-order chi connectivity index (χ0) is 15.0. The summed E-state index contributed by atoms with van der Waals surface area (Å²) in [5.74, 6) is -0.336. The van der Waals surface area contributed by atoms with Gasteiger partial charge in [0, 0.05) is 17.0 Å². The molecular weight excluding hydrogens is 268 g/mol. The fourth-order valence-electron chi connectivity index (χ4n) is 2.77. The highest BCUT2D eigenvalue weighted by Gasteiger charge is 2.27. The molecule has 1 aromatic heterocycles. The first-order valence-electron chi connectivity index (χ1n) is 6.93. The molecule has 5 nitrogen and oxygen atoms in total. The van der Waals surface area contributed by atoms with E-state index in [1.54, 1.807) is 18.2 Å². The molecule has 0 amide bonds. The van der Waals surface area contributed by atoms with Gasteiger partial charge in [-0.2, -0.15) is 0 Å². The first kappa shape index (κ1) is 13.5. The maximum Gasteiger partial charge on any atom is 0.306 e. The monoisotopic (exact) mass is 284 g/mol. The van der Waals surface area contributed by atoms with Gasteiger partial charge in [0.25, 0.3) is 0 Å². The molecule has 1 atom stereocenters. The molecule has 0 fully saturated rings. The summed E-state index contributed by atoms with van der Waals surface area (Å²) in [4.78, 5) is 20.2. The van der Waals surface area contributed by atoms with Crippen LogP contribution in [-0.2, 0) is 17.6 Å². The lowest BCUT2D eigenvalue weighted by atomic mass is 9.86. The third-order valence-electron chi connectivity index (χ3n) is 3.93. The van der Waals surface area contributed by atoms with Crippen LogP contribution in [0.25, 0.3) is 11.4 Å². The van der Waals surface area contributed by atoms with Crippen LogP contribution in [0.5, 0.6) is 5.75 Å². The lowest BCUT2D eigenvalue weighted by Gasteiger charge is -2.22. The second kappa shape index (κ2) is 5.16. The van der Waals surface area contributed by atoms with Gasteiger partial charge in [0.05, 0.1) is 5.92 Å². The second-order valence-corrected chi connectivity index (χ2v) is 5.39. The minimum Gasteiger partial charge on any atom is -0.508 e. The van der Waals surface area contributed by atoms with E-state index in [0.29, 0.717) is 25.1 Å². The number of rotatable bonds is 2. The molecule has 0 bridgehead atoms. The minimum absolute atomic E-state index is 0.178. The number of carboxylic acid groups (broad SMARTS) is 1. The van der Waals surface area contributed by atoms with Gasteiger partial charge in [-0.25, -0.2) is 9.97 Å². The number of phenolic OH excluding ortho intramolecular Hbond substituents is 1. The van der Waals surface area contributed by atoms with E-state index in [0.717, 1.165) is 22.5 Å². The van der Waals surface area contributed by atoms with Crippen LogP contribution in [0.15, 0.2) is 24.3 Å². The van der Waals surface area contributed by atoms with Crippen LogP contribution in [0.4, 0.5) is 0 Å². The molecule has 108 valence electrons. The van der Waals surface area contributed by atoms with Crippen LogP contribution >= 0.6 is 0 Å². The molecule has 5 heteroatoms. The maximum atomic E-state index is 11.1. The number of aryl methyl sites for hydroxylation is 2. The van der Waals surface area contributed by atoms with Crippen molar-refractivity contribution < 1.29 is 15.0 Å². The molecule has 0 saturated carbocycles. The van der Waals surface area contributed by atoms with Gasteiger partial charge in [0.1, 0.15) is 5.75 Å². The SMILES string of the molecule is Cc1nc(-c2cccc(O)c2)nc2c1CC(C(=O)O)CC2. The van der Waals surface area contributed by atoms with Gasteiger partial charge in [-0.3, -0.25) is 4.79 Å². The van der Waals surface area contributed by atoms with E-state index in [1.165, 1.54) is 0 Å². The molecule has 0 spiro atoms. The number of carboxylic acids is 1. The van der Waals surface area contributed by atoms with Crippen molar-refractivity contribution in [2.75, 3.05) is 0 Å². The molecule has 3 rings (SSSR count). The Bertz CT molecular complexity index is 713. The average molecular weight is 284 g/mol. The predicted octanol–water partition coefficient (Wildman–Crippen LogP) is 2.35. The number of fused-ring (bicyclic) bond motifs is 1. The van der Waals surface area contributed by atoms with Crippen LogP contribution in [0.3, 0.4) is 0 Å². The Hall–Kier alpha value is -2.43. The molecule has 2 N–H and O–H groups in total. The van der Waals surface area contributed by atoms with Gasteiger partial charge < -0.3 is 10.2 Å². The summed E-state index contributed by atoms with van der Waals surface area (Å²) in [6.45, 7) is 1.89. The van der Waals surface area contributed by atoms with Crippen LogP contribution in [0.1, 0.15) is 23.4 Å². The van der Waals surface area contributed by atoms with Crippen molar-refractivity contribution in [2.24, 2.45) is 5.92 Å². The van der Waals surface area contributed by atoms with Gasteiger partial charge in [0.15, 0.2) is 5.82 Å². The number of carbonyl (C=O) groups is 1. The number of aromatic hydroxyl groups is 1. The van der Waals surface area contributed by atoms with Crippen LogP contribution in [0, 0.1) is 12.8 Å². The van der Waals surface area contributed by atoms with Crippen molar-refractivity contribution in [1.82, 2.24) is 9.97 Å². The van der Waals surface area contributed by atoms with Gasteiger partial charge in [-0.15, -0.1) is 0 Å². The Kier molecular flexibility index (Phi) is 3.33. The van der Waals surface area contributed by atoms with E-state index in [4.69, 9.17) is 5.11 Å². The van der Waals surface area contributed by atoms with Gasteiger partial charge in [-0.05, 0) is 43.9 Å². The Morgan fingerprint density at radius 2 is 2.14 bits per heavy atom. The van der Waals surface area contributed by atoms with Gasteiger partial charge >= 0.3 is 5.97 Å². The van der Waals surface area contributed by atoms with Crippen LogP contribution in [-0.4, -0.2) is 26.2 Å². The van der Waals surface area contributed by atoms with Crippen molar-refractivity contribution in [1.29, 1.82) is 0 Å². The highest BCUT2D eigenvalue weighted by molar-refractivity contribution is 5.71. The molecule has 1 aromatic carbocycles. The molecule has 21 heavy (non-hydrogen) atoms. The number of aromatic nitrogens is 2. The molecule has 0 saturated heterocycles. The highest BCUT2D eigenvalue weighted by atomic mass is 16.4. The molecule has 2 aromatic rings. The normalized spacial score (nSPS) is 17.3. The summed E-state index contributed by atoms with van der Waals surface area (Å²) >= 11 is 0.